The van der Waals surface area contributed by atoms with E-state index in [0.29, 0.717) is 0 Å². The third-order valence-corrected chi connectivity index (χ3v) is 4.52. The summed E-state index contributed by atoms with van der Waals surface area (Å²) in [5.74, 6) is 0.779. The quantitative estimate of drug-likeness (QED) is 0.773. The van der Waals surface area contributed by atoms with Gasteiger partial charge in [-0.15, -0.1) is 11.8 Å². The van der Waals surface area contributed by atoms with E-state index in [4.69, 9.17) is 0 Å². The summed E-state index contributed by atoms with van der Waals surface area (Å²) in [4.78, 5) is 1.22. The van der Waals surface area contributed by atoms with Crippen molar-refractivity contribution in [1.82, 2.24) is 0 Å². The summed E-state index contributed by atoms with van der Waals surface area (Å²) < 4.78 is -0.138. The summed E-state index contributed by atoms with van der Waals surface area (Å²) >= 11 is 1.75. The van der Waals surface area contributed by atoms with Gasteiger partial charge in [-0.2, -0.15) is 5.26 Å². The highest BCUT2D eigenvalue weighted by molar-refractivity contribution is 8.01. The van der Waals surface area contributed by atoms with E-state index in [-0.39, 0.29) is 4.75 Å². The van der Waals surface area contributed by atoms with Crippen molar-refractivity contribution in [3.05, 3.63) is 30.3 Å². The maximum absolute atomic E-state index is 9.31. The summed E-state index contributed by atoms with van der Waals surface area (Å²) in [5.41, 5.74) is 0. The Morgan fingerprint density at radius 3 is 2.62 bits per heavy atom. The van der Waals surface area contributed by atoms with Crippen LogP contribution in [-0.2, 0) is 0 Å². The van der Waals surface area contributed by atoms with Gasteiger partial charge in [0.25, 0.3) is 0 Å². The molecule has 16 heavy (non-hydrogen) atoms. The van der Waals surface area contributed by atoms with Crippen LogP contribution in [0.4, 0.5) is 0 Å². The predicted molar refractivity (Wildman–Crippen MR) is 68.3 cm³/mol. The van der Waals surface area contributed by atoms with Gasteiger partial charge in [-0.25, -0.2) is 0 Å². The Hall–Kier alpha value is -0.940. The monoisotopic (exact) mass is 231 g/mol. The summed E-state index contributed by atoms with van der Waals surface area (Å²) in [6, 6.07) is 12.8. The second-order valence-electron chi connectivity index (χ2n) is 4.58. The standard InChI is InChI=1S/C14H17NS/c1-2-6-12-9-14(10-12,11-15)16-13-7-4-3-5-8-13/h3-5,7-8,12H,2,6,9-10H2,1H3. The zero-order valence-corrected chi connectivity index (χ0v) is 10.5. The summed E-state index contributed by atoms with van der Waals surface area (Å²) in [5, 5.41) is 9.31. The van der Waals surface area contributed by atoms with Gasteiger partial charge >= 0.3 is 0 Å². The minimum absolute atomic E-state index is 0.138. The summed E-state index contributed by atoms with van der Waals surface area (Å²) in [6.07, 6.45) is 4.65. The highest BCUT2D eigenvalue weighted by Gasteiger charge is 2.44. The van der Waals surface area contributed by atoms with Gasteiger partial charge in [0.05, 0.1) is 6.07 Å². The fraction of sp³-hybridized carbons (Fsp3) is 0.500. The maximum Gasteiger partial charge on any atom is 0.108 e. The minimum atomic E-state index is -0.138. The van der Waals surface area contributed by atoms with E-state index in [9.17, 15) is 5.26 Å². The Labute approximate surface area is 102 Å². The van der Waals surface area contributed by atoms with E-state index in [1.165, 1.54) is 17.7 Å². The van der Waals surface area contributed by atoms with Crippen molar-refractivity contribution < 1.29 is 0 Å². The molecule has 0 unspecified atom stereocenters. The van der Waals surface area contributed by atoms with Crippen LogP contribution in [0.15, 0.2) is 35.2 Å². The van der Waals surface area contributed by atoms with E-state index in [1.54, 1.807) is 11.8 Å². The maximum atomic E-state index is 9.31. The van der Waals surface area contributed by atoms with Gasteiger partial charge in [0.1, 0.15) is 4.75 Å². The van der Waals surface area contributed by atoms with Crippen molar-refractivity contribution in [2.45, 2.75) is 42.2 Å². The van der Waals surface area contributed by atoms with Crippen LogP contribution in [0.5, 0.6) is 0 Å². The SMILES string of the molecule is CCCC1CC(C#N)(Sc2ccccc2)C1. The lowest BCUT2D eigenvalue weighted by Crippen LogP contribution is -2.39. The number of nitrogens with zero attached hydrogens (tertiary/aromatic N) is 1. The molecule has 1 aromatic rings. The highest BCUT2D eigenvalue weighted by atomic mass is 32.2. The van der Waals surface area contributed by atoms with E-state index in [0.717, 1.165) is 18.8 Å². The predicted octanol–water partition coefficient (Wildman–Crippen LogP) is 4.25. The third-order valence-electron chi connectivity index (χ3n) is 3.19. The van der Waals surface area contributed by atoms with E-state index < -0.39 is 0 Å². The molecule has 0 atom stereocenters. The highest BCUT2D eigenvalue weighted by Crippen LogP contribution is 2.51. The number of hydrogen-bond acceptors (Lipinski definition) is 2. The lowest BCUT2D eigenvalue weighted by molar-refractivity contribution is 0.258. The molecule has 0 saturated heterocycles. The molecule has 0 heterocycles. The first-order valence-corrected chi connectivity index (χ1v) is 6.75. The molecule has 1 saturated carbocycles. The van der Waals surface area contributed by atoms with Crippen LogP contribution in [0, 0.1) is 17.2 Å². The Kier molecular flexibility index (Phi) is 3.56. The lowest BCUT2D eigenvalue weighted by Gasteiger charge is -2.42. The normalized spacial score (nSPS) is 28.1. The number of benzene rings is 1. The fourth-order valence-electron chi connectivity index (χ4n) is 2.40. The zero-order valence-electron chi connectivity index (χ0n) is 9.65. The van der Waals surface area contributed by atoms with Gasteiger partial charge < -0.3 is 0 Å². The number of hydrogen-bond donors (Lipinski definition) is 0. The van der Waals surface area contributed by atoms with Crippen LogP contribution in [0.3, 0.4) is 0 Å². The minimum Gasteiger partial charge on any atom is -0.197 e. The van der Waals surface area contributed by atoms with Crippen molar-refractivity contribution in [1.29, 1.82) is 5.26 Å². The first-order chi connectivity index (χ1) is 7.78. The van der Waals surface area contributed by atoms with Crippen LogP contribution >= 0.6 is 11.8 Å². The molecule has 0 radical (unpaired) electrons. The summed E-state index contributed by atoms with van der Waals surface area (Å²) in [6.45, 7) is 2.22. The van der Waals surface area contributed by atoms with Crippen LogP contribution in [0.25, 0.3) is 0 Å². The fourth-order valence-corrected chi connectivity index (χ4v) is 3.82. The van der Waals surface area contributed by atoms with Gasteiger partial charge in [0.2, 0.25) is 0 Å². The summed E-state index contributed by atoms with van der Waals surface area (Å²) in [7, 11) is 0. The van der Waals surface area contributed by atoms with Crippen LogP contribution in [-0.4, -0.2) is 4.75 Å². The first-order valence-electron chi connectivity index (χ1n) is 5.93. The molecule has 0 aliphatic heterocycles. The van der Waals surface area contributed by atoms with Gasteiger partial charge in [0, 0.05) is 4.90 Å². The van der Waals surface area contributed by atoms with E-state index in [2.05, 4.69) is 25.1 Å². The van der Waals surface area contributed by atoms with Crippen molar-refractivity contribution >= 4 is 11.8 Å². The molecule has 0 aromatic heterocycles. The third kappa shape index (κ3) is 2.41. The molecule has 1 aromatic carbocycles. The van der Waals surface area contributed by atoms with Gasteiger partial charge in [0.15, 0.2) is 0 Å². The molecule has 0 amide bonds. The average molecular weight is 231 g/mol. The van der Waals surface area contributed by atoms with Crippen molar-refractivity contribution in [2.24, 2.45) is 5.92 Å². The molecule has 1 aliphatic rings. The van der Waals surface area contributed by atoms with Crippen LogP contribution in [0.2, 0.25) is 0 Å². The van der Waals surface area contributed by atoms with Crippen molar-refractivity contribution in [2.75, 3.05) is 0 Å². The van der Waals surface area contributed by atoms with E-state index >= 15 is 0 Å². The Morgan fingerprint density at radius 2 is 2.06 bits per heavy atom. The first kappa shape index (κ1) is 11.5. The van der Waals surface area contributed by atoms with Crippen LogP contribution in [0.1, 0.15) is 32.6 Å². The number of rotatable bonds is 4. The second kappa shape index (κ2) is 4.93. The number of nitriles is 1. The topological polar surface area (TPSA) is 23.8 Å². The molecule has 1 aliphatic carbocycles. The molecule has 1 nitrogen and oxygen atoms in total. The molecule has 0 N–H and O–H groups in total. The molecule has 84 valence electrons. The van der Waals surface area contributed by atoms with Crippen molar-refractivity contribution in [3.63, 3.8) is 0 Å². The molecular weight excluding hydrogens is 214 g/mol. The largest absolute Gasteiger partial charge is 0.197 e. The zero-order chi connectivity index (χ0) is 11.4. The molecule has 0 spiro atoms. The Morgan fingerprint density at radius 1 is 1.38 bits per heavy atom. The second-order valence-corrected chi connectivity index (χ2v) is 6.04. The Bertz CT molecular complexity index is 373. The van der Waals surface area contributed by atoms with Crippen LogP contribution < -0.4 is 0 Å². The molecule has 1 fully saturated rings. The molecule has 0 bridgehead atoms. The average Bonchev–Trinajstić information content (AvgIpc) is 2.27. The van der Waals surface area contributed by atoms with Gasteiger partial charge in [-0.1, -0.05) is 38.0 Å². The molecule has 2 heteroatoms. The molecule has 2 rings (SSSR count). The van der Waals surface area contributed by atoms with Gasteiger partial charge in [-0.3, -0.25) is 0 Å². The molecular formula is C14H17NS. The smallest absolute Gasteiger partial charge is 0.108 e. The Balaban J connectivity index is 1.96. The lowest BCUT2D eigenvalue weighted by atomic mass is 9.73. The van der Waals surface area contributed by atoms with Gasteiger partial charge in [-0.05, 0) is 30.9 Å². The van der Waals surface area contributed by atoms with E-state index in [1.807, 2.05) is 18.2 Å². The number of thioether (sulfide) groups is 1. The van der Waals surface area contributed by atoms with Crippen molar-refractivity contribution in [3.8, 4) is 6.07 Å².